The molecule has 3 nitrogen and oxygen atoms in total. The molecule has 0 atom stereocenters. The number of pyridine rings is 1. The highest BCUT2D eigenvalue weighted by Gasteiger charge is 2.04. The summed E-state index contributed by atoms with van der Waals surface area (Å²) in [5.74, 6) is 0.849. The molecule has 1 heterocycles. The van der Waals surface area contributed by atoms with E-state index in [0.29, 0.717) is 5.52 Å². The van der Waals surface area contributed by atoms with Gasteiger partial charge >= 0.3 is 0 Å². The maximum atomic E-state index is 11.6. The summed E-state index contributed by atoms with van der Waals surface area (Å²) in [6, 6.07) is 9.34. The average molecular weight is 301 g/mol. The zero-order chi connectivity index (χ0) is 15.6. The molecule has 0 N–H and O–H groups in total. The van der Waals surface area contributed by atoms with Gasteiger partial charge in [0.1, 0.15) is 5.75 Å². The SMILES string of the molecule is CCCCCCCCCCOc1ccc2c(ccc[n+]2[O-])c1. The normalized spacial score (nSPS) is 11.0. The van der Waals surface area contributed by atoms with Gasteiger partial charge in [-0.3, -0.25) is 0 Å². The number of unbranched alkanes of at least 4 members (excludes halogenated alkanes) is 7. The van der Waals surface area contributed by atoms with E-state index in [9.17, 15) is 5.21 Å². The standard InChI is InChI=1S/C19H27NO2/c1-2-3-4-5-6-7-8-9-15-22-18-12-13-19-17(16-18)11-10-14-20(19)21/h10-14,16H,2-9,15H2,1H3. The summed E-state index contributed by atoms with van der Waals surface area (Å²) in [5, 5.41) is 12.5. The van der Waals surface area contributed by atoms with E-state index in [2.05, 4.69) is 6.92 Å². The van der Waals surface area contributed by atoms with Gasteiger partial charge in [-0.2, -0.15) is 4.73 Å². The molecule has 2 aromatic rings. The van der Waals surface area contributed by atoms with Crippen LogP contribution in [0.2, 0.25) is 0 Å². The monoisotopic (exact) mass is 301 g/mol. The van der Waals surface area contributed by atoms with Crippen molar-refractivity contribution in [1.29, 1.82) is 0 Å². The zero-order valence-corrected chi connectivity index (χ0v) is 13.6. The van der Waals surface area contributed by atoms with Crippen molar-refractivity contribution in [3.05, 3.63) is 41.7 Å². The Morgan fingerprint density at radius 3 is 2.45 bits per heavy atom. The highest BCUT2D eigenvalue weighted by atomic mass is 16.5. The zero-order valence-electron chi connectivity index (χ0n) is 13.6. The third-order valence-corrected chi connectivity index (χ3v) is 4.00. The number of fused-ring (bicyclic) bond motifs is 1. The van der Waals surface area contributed by atoms with Crippen molar-refractivity contribution >= 4 is 10.9 Å². The van der Waals surface area contributed by atoms with Gasteiger partial charge in [0.2, 0.25) is 5.52 Å². The lowest BCUT2D eigenvalue weighted by Crippen LogP contribution is -2.25. The lowest BCUT2D eigenvalue weighted by Gasteiger charge is -2.07. The fourth-order valence-electron chi connectivity index (χ4n) is 2.69. The Morgan fingerprint density at radius 2 is 1.68 bits per heavy atom. The summed E-state index contributed by atoms with van der Waals surface area (Å²) in [4.78, 5) is 0. The van der Waals surface area contributed by atoms with Crippen LogP contribution in [-0.4, -0.2) is 6.61 Å². The van der Waals surface area contributed by atoms with Gasteiger partial charge in [0, 0.05) is 12.1 Å². The first-order valence-corrected chi connectivity index (χ1v) is 8.56. The Morgan fingerprint density at radius 1 is 0.955 bits per heavy atom. The number of ether oxygens (including phenoxy) is 1. The summed E-state index contributed by atoms with van der Waals surface area (Å²) in [6.45, 7) is 3.01. The number of benzene rings is 1. The largest absolute Gasteiger partial charge is 0.618 e. The maximum Gasteiger partial charge on any atom is 0.223 e. The van der Waals surface area contributed by atoms with E-state index in [0.717, 1.165) is 28.9 Å². The molecular formula is C19H27NO2. The molecule has 0 saturated heterocycles. The minimum atomic E-state index is 0.682. The molecule has 0 radical (unpaired) electrons. The van der Waals surface area contributed by atoms with Crippen molar-refractivity contribution in [2.45, 2.75) is 58.3 Å². The molecule has 1 aromatic heterocycles. The van der Waals surface area contributed by atoms with Crippen molar-refractivity contribution in [2.24, 2.45) is 0 Å². The van der Waals surface area contributed by atoms with Crippen molar-refractivity contribution < 1.29 is 9.47 Å². The van der Waals surface area contributed by atoms with Crippen molar-refractivity contribution in [3.8, 4) is 5.75 Å². The van der Waals surface area contributed by atoms with E-state index in [-0.39, 0.29) is 0 Å². The van der Waals surface area contributed by atoms with Crippen LogP contribution in [0.3, 0.4) is 0 Å². The van der Waals surface area contributed by atoms with Crippen LogP contribution < -0.4 is 9.47 Å². The molecule has 0 fully saturated rings. The summed E-state index contributed by atoms with van der Waals surface area (Å²) in [6.07, 6.45) is 11.9. The van der Waals surface area contributed by atoms with Crippen molar-refractivity contribution in [1.82, 2.24) is 0 Å². The molecule has 0 amide bonds. The summed E-state index contributed by atoms with van der Waals surface area (Å²) in [7, 11) is 0. The molecule has 0 saturated carbocycles. The molecule has 0 spiro atoms. The second kappa shape index (κ2) is 9.29. The molecular weight excluding hydrogens is 274 g/mol. The average Bonchev–Trinajstić information content (AvgIpc) is 2.53. The summed E-state index contributed by atoms with van der Waals surface area (Å²) in [5.41, 5.74) is 0.682. The third kappa shape index (κ3) is 5.21. The van der Waals surface area contributed by atoms with Crippen LogP contribution >= 0.6 is 0 Å². The molecule has 0 bridgehead atoms. The van der Waals surface area contributed by atoms with Gasteiger partial charge in [-0.05, 0) is 24.6 Å². The van der Waals surface area contributed by atoms with Crippen LogP contribution in [0.1, 0.15) is 58.3 Å². The Bertz CT molecular complexity index is 568. The van der Waals surface area contributed by atoms with Crippen LogP contribution in [-0.2, 0) is 0 Å². The minimum absolute atomic E-state index is 0.682. The first-order valence-electron chi connectivity index (χ1n) is 8.56. The number of aromatic nitrogens is 1. The first-order chi connectivity index (χ1) is 10.8. The highest BCUT2D eigenvalue weighted by Crippen LogP contribution is 2.18. The second-order valence-corrected chi connectivity index (χ2v) is 5.88. The molecule has 0 aliphatic heterocycles. The number of hydrogen-bond acceptors (Lipinski definition) is 2. The number of rotatable bonds is 10. The maximum absolute atomic E-state index is 11.6. The van der Waals surface area contributed by atoms with E-state index in [1.54, 1.807) is 6.07 Å². The van der Waals surface area contributed by atoms with Crippen LogP contribution in [0.25, 0.3) is 10.9 Å². The topological polar surface area (TPSA) is 36.2 Å². The van der Waals surface area contributed by atoms with Gasteiger partial charge in [-0.15, -0.1) is 0 Å². The van der Waals surface area contributed by atoms with Gasteiger partial charge < -0.3 is 9.94 Å². The predicted molar refractivity (Wildman–Crippen MR) is 91.0 cm³/mol. The van der Waals surface area contributed by atoms with Crippen molar-refractivity contribution in [3.63, 3.8) is 0 Å². The molecule has 120 valence electrons. The smallest absolute Gasteiger partial charge is 0.223 e. The molecule has 3 heteroatoms. The third-order valence-electron chi connectivity index (χ3n) is 4.00. The van der Waals surface area contributed by atoms with E-state index in [4.69, 9.17) is 4.74 Å². The fraction of sp³-hybridized carbons (Fsp3) is 0.526. The second-order valence-electron chi connectivity index (χ2n) is 5.88. The summed E-state index contributed by atoms with van der Waals surface area (Å²) >= 11 is 0. The van der Waals surface area contributed by atoms with E-state index in [1.807, 2.05) is 24.3 Å². The Labute approximate surface area is 133 Å². The highest BCUT2D eigenvalue weighted by molar-refractivity contribution is 5.77. The van der Waals surface area contributed by atoms with Crippen LogP contribution in [0.4, 0.5) is 0 Å². The molecule has 0 aliphatic carbocycles. The van der Waals surface area contributed by atoms with Gasteiger partial charge in [-0.25, -0.2) is 0 Å². The summed E-state index contributed by atoms with van der Waals surface area (Å²) < 4.78 is 6.67. The fourth-order valence-corrected chi connectivity index (χ4v) is 2.69. The Balaban J connectivity index is 1.65. The lowest BCUT2D eigenvalue weighted by atomic mass is 10.1. The molecule has 22 heavy (non-hydrogen) atoms. The molecule has 0 aliphatic rings. The number of nitrogens with zero attached hydrogens (tertiary/aromatic N) is 1. The van der Waals surface area contributed by atoms with Gasteiger partial charge in [0.15, 0.2) is 6.20 Å². The predicted octanol–water partition coefficient (Wildman–Crippen LogP) is 4.99. The first kappa shape index (κ1) is 16.6. The van der Waals surface area contributed by atoms with Crippen molar-refractivity contribution in [2.75, 3.05) is 6.61 Å². The Hall–Kier alpha value is -1.77. The Kier molecular flexibility index (Phi) is 7.01. The number of hydrogen-bond donors (Lipinski definition) is 0. The van der Waals surface area contributed by atoms with Crippen LogP contribution in [0.15, 0.2) is 36.5 Å². The molecule has 1 aromatic carbocycles. The molecule has 0 unspecified atom stereocenters. The lowest BCUT2D eigenvalue weighted by molar-refractivity contribution is -0.577. The minimum Gasteiger partial charge on any atom is -0.618 e. The molecule has 2 rings (SSSR count). The van der Waals surface area contributed by atoms with Gasteiger partial charge in [-0.1, -0.05) is 51.9 Å². The van der Waals surface area contributed by atoms with E-state index < -0.39 is 0 Å². The van der Waals surface area contributed by atoms with Crippen LogP contribution in [0, 0.1) is 5.21 Å². The van der Waals surface area contributed by atoms with E-state index in [1.165, 1.54) is 51.1 Å². The van der Waals surface area contributed by atoms with Gasteiger partial charge in [0.25, 0.3) is 0 Å². The van der Waals surface area contributed by atoms with E-state index >= 15 is 0 Å². The quantitative estimate of drug-likeness (QED) is 0.352. The van der Waals surface area contributed by atoms with Crippen LogP contribution in [0.5, 0.6) is 5.75 Å². The van der Waals surface area contributed by atoms with Gasteiger partial charge in [0.05, 0.1) is 12.0 Å².